The van der Waals surface area contributed by atoms with Crippen molar-refractivity contribution in [2.45, 2.75) is 43.9 Å². The summed E-state index contributed by atoms with van der Waals surface area (Å²) in [6.45, 7) is 9.37. The molecule has 4 rings (SSSR count). The van der Waals surface area contributed by atoms with Crippen molar-refractivity contribution in [2.75, 3.05) is 52.9 Å². The molecule has 3 fully saturated rings. The van der Waals surface area contributed by atoms with Crippen molar-refractivity contribution in [3.8, 4) is 0 Å². The van der Waals surface area contributed by atoms with Gasteiger partial charge in [-0.15, -0.1) is 11.3 Å². The standard InChI is InChI=1S/C19H31N3OS/c1-20-9-11-21(12-10-20)14-17-4-2-6-19(23-17)7-8-22(16-19)15-18-5-3-13-24-18/h3,5,13,17H,2,4,6-12,14-16H2,1H3/t17-,19+/m0/s1. The molecule has 4 nitrogen and oxygen atoms in total. The summed E-state index contributed by atoms with van der Waals surface area (Å²) in [6.07, 6.45) is 5.51. The van der Waals surface area contributed by atoms with Crippen LogP contribution in [0.15, 0.2) is 17.5 Å². The van der Waals surface area contributed by atoms with Crippen LogP contribution in [0.2, 0.25) is 0 Å². The fourth-order valence-corrected chi connectivity index (χ4v) is 5.30. The van der Waals surface area contributed by atoms with Gasteiger partial charge in [0.15, 0.2) is 0 Å². The van der Waals surface area contributed by atoms with Crippen molar-refractivity contribution >= 4 is 11.3 Å². The third kappa shape index (κ3) is 4.02. The van der Waals surface area contributed by atoms with Crippen LogP contribution >= 0.6 is 11.3 Å². The van der Waals surface area contributed by atoms with Gasteiger partial charge in [-0.2, -0.15) is 0 Å². The van der Waals surface area contributed by atoms with Crippen LogP contribution in [0.3, 0.4) is 0 Å². The van der Waals surface area contributed by atoms with E-state index in [0.29, 0.717) is 6.10 Å². The Kier molecular flexibility index (Phi) is 5.25. The van der Waals surface area contributed by atoms with Crippen molar-refractivity contribution in [2.24, 2.45) is 0 Å². The van der Waals surface area contributed by atoms with Crippen molar-refractivity contribution < 1.29 is 4.74 Å². The molecule has 1 aromatic rings. The highest BCUT2D eigenvalue weighted by Crippen LogP contribution is 2.37. The minimum absolute atomic E-state index is 0.146. The Morgan fingerprint density at radius 1 is 1.17 bits per heavy atom. The average molecular weight is 350 g/mol. The van der Waals surface area contributed by atoms with Crippen LogP contribution in [0.4, 0.5) is 0 Å². The fraction of sp³-hybridized carbons (Fsp3) is 0.789. The SMILES string of the molecule is CN1CCN(C[C@@H]2CCC[C@]3(CCN(Cc4cccs4)C3)O2)CC1. The monoisotopic (exact) mass is 349 g/mol. The lowest BCUT2D eigenvalue weighted by Crippen LogP contribution is -2.51. The quantitative estimate of drug-likeness (QED) is 0.831. The highest BCUT2D eigenvalue weighted by atomic mass is 32.1. The number of hydrogen-bond acceptors (Lipinski definition) is 5. The van der Waals surface area contributed by atoms with Gasteiger partial charge in [0, 0.05) is 57.2 Å². The van der Waals surface area contributed by atoms with Crippen LogP contribution in [0, 0.1) is 0 Å². The van der Waals surface area contributed by atoms with Crippen LogP contribution in [-0.4, -0.2) is 79.3 Å². The van der Waals surface area contributed by atoms with Gasteiger partial charge in [0.2, 0.25) is 0 Å². The third-order valence-electron chi connectivity index (χ3n) is 5.99. The molecule has 4 heterocycles. The van der Waals surface area contributed by atoms with Crippen molar-refractivity contribution in [3.05, 3.63) is 22.4 Å². The van der Waals surface area contributed by atoms with Crippen molar-refractivity contribution in [1.82, 2.24) is 14.7 Å². The topological polar surface area (TPSA) is 19.0 Å². The first-order chi connectivity index (χ1) is 11.7. The Hall–Kier alpha value is -0.460. The summed E-state index contributed by atoms with van der Waals surface area (Å²) in [6, 6.07) is 4.42. The van der Waals surface area contributed by atoms with E-state index < -0.39 is 0 Å². The molecular formula is C19H31N3OS. The zero-order valence-electron chi connectivity index (χ0n) is 15.0. The number of likely N-dealkylation sites (tertiary alicyclic amines) is 1. The van der Waals surface area contributed by atoms with Gasteiger partial charge in [0.1, 0.15) is 0 Å². The maximum atomic E-state index is 6.72. The first kappa shape index (κ1) is 17.0. The number of thiophene rings is 1. The Balaban J connectivity index is 1.30. The number of likely N-dealkylation sites (N-methyl/N-ethyl adjacent to an activating group) is 1. The Morgan fingerprint density at radius 2 is 2.04 bits per heavy atom. The maximum absolute atomic E-state index is 6.72. The second kappa shape index (κ2) is 7.42. The summed E-state index contributed by atoms with van der Waals surface area (Å²) < 4.78 is 6.72. The Bertz CT molecular complexity index is 515. The van der Waals surface area contributed by atoms with Crippen LogP contribution < -0.4 is 0 Å². The highest BCUT2D eigenvalue weighted by Gasteiger charge is 2.43. The maximum Gasteiger partial charge on any atom is 0.0825 e. The number of piperazine rings is 1. The number of ether oxygens (including phenoxy) is 1. The Labute approximate surface area is 150 Å². The van der Waals surface area contributed by atoms with E-state index >= 15 is 0 Å². The normalized spacial score (nSPS) is 33.5. The largest absolute Gasteiger partial charge is 0.369 e. The summed E-state index contributed by atoms with van der Waals surface area (Å²) in [7, 11) is 2.23. The van der Waals surface area contributed by atoms with Crippen LogP contribution in [0.25, 0.3) is 0 Å². The summed E-state index contributed by atoms with van der Waals surface area (Å²) >= 11 is 1.88. The second-order valence-electron chi connectivity index (χ2n) is 7.96. The molecule has 134 valence electrons. The zero-order valence-corrected chi connectivity index (χ0v) is 15.8. The predicted molar refractivity (Wildman–Crippen MR) is 99.6 cm³/mol. The molecular weight excluding hydrogens is 318 g/mol. The van der Waals surface area contributed by atoms with Crippen LogP contribution in [0.1, 0.15) is 30.6 Å². The van der Waals surface area contributed by atoms with E-state index in [-0.39, 0.29) is 5.60 Å². The first-order valence-electron chi connectivity index (χ1n) is 9.54. The minimum atomic E-state index is 0.146. The molecule has 0 radical (unpaired) electrons. The van der Waals surface area contributed by atoms with Crippen molar-refractivity contribution in [3.63, 3.8) is 0 Å². The zero-order chi connectivity index (χ0) is 16.4. The lowest BCUT2D eigenvalue weighted by Gasteiger charge is -2.42. The van der Waals surface area contributed by atoms with Gasteiger partial charge in [0.25, 0.3) is 0 Å². The molecule has 0 aromatic carbocycles. The lowest BCUT2D eigenvalue weighted by atomic mass is 9.90. The van der Waals surface area contributed by atoms with E-state index in [4.69, 9.17) is 4.74 Å². The molecule has 3 aliphatic rings. The lowest BCUT2D eigenvalue weighted by molar-refractivity contribution is -0.130. The van der Waals surface area contributed by atoms with Gasteiger partial charge in [0.05, 0.1) is 11.7 Å². The van der Waals surface area contributed by atoms with E-state index in [2.05, 4.69) is 39.3 Å². The molecule has 0 saturated carbocycles. The average Bonchev–Trinajstić information content (AvgIpc) is 3.21. The van der Waals surface area contributed by atoms with Crippen LogP contribution in [0.5, 0.6) is 0 Å². The molecule has 1 aromatic heterocycles. The molecule has 0 bridgehead atoms. The molecule has 0 unspecified atom stereocenters. The highest BCUT2D eigenvalue weighted by molar-refractivity contribution is 7.09. The van der Waals surface area contributed by atoms with Gasteiger partial charge >= 0.3 is 0 Å². The molecule has 3 aliphatic heterocycles. The van der Waals surface area contributed by atoms with Gasteiger partial charge < -0.3 is 9.64 Å². The predicted octanol–water partition coefficient (Wildman–Crippen LogP) is 2.51. The van der Waals surface area contributed by atoms with E-state index in [0.717, 1.165) is 19.6 Å². The summed E-state index contributed by atoms with van der Waals surface area (Å²) in [5.41, 5.74) is 0.146. The molecule has 0 aliphatic carbocycles. The molecule has 0 N–H and O–H groups in total. The molecule has 3 saturated heterocycles. The molecule has 24 heavy (non-hydrogen) atoms. The van der Waals surface area contributed by atoms with Gasteiger partial charge in [-0.1, -0.05) is 6.07 Å². The second-order valence-corrected chi connectivity index (χ2v) is 8.99. The van der Waals surface area contributed by atoms with Crippen molar-refractivity contribution in [1.29, 1.82) is 0 Å². The van der Waals surface area contributed by atoms with Gasteiger partial charge in [-0.25, -0.2) is 0 Å². The van der Waals surface area contributed by atoms with Gasteiger partial charge in [-0.3, -0.25) is 9.80 Å². The Morgan fingerprint density at radius 3 is 2.83 bits per heavy atom. The summed E-state index contributed by atoms with van der Waals surface area (Å²) in [4.78, 5) is 9.13. The van der Waals surface area contributed by atoms with E-state index in [1.807, 2.05) is 11.3 Å². The summed E-state index contributed by atoms with van der Waals surface area (Å²) in [5.74, 6) is 0. The molecule has 1 spiro atoms. The van der Waals surface area contributed by atoms with E-state index in [1.165, 1.54) is 63.3 Å². The number of nitrogens with zero attached hydrogens (tertiary/aromatic N) is 3. The van der Waals surface area contributed by atoms with Gasteiger partial charge in [-0.05, 0) is 44.2 Å². The minimum Gasteiger partial charge on any atom is -0.369 e. The summed E-state index contributed by atoms with van der Waals surface area (Å²) in [5, 5.41) is 2.18. The fourth-order valence-electron chi connectivity index (χ4n) is 4.56. The smallest absolute Gasteiger partial charge is 0.0825 e. The number of hydrogen-bond donors (Lipinski definition) is 0. The number of rotatable bonds is 4. The van der Waals surface area contributed by atoms with Crippen LogP contribution in [-0.2, 0) is 11.3 Å². The molecule has 2 atom stereocenters. The van der Waals surface area contributed by atoms with E-state index in [9.17, 15) is 0 Å². The van der Waals surface area contributed by atoms with E-state index in [1.54, 1.807) is 0 Å². The molecule has 5 heteroatoms. The first-order valence-corrected chi connectivity index (χ1v) is 10.4. The third-order valence-corrected chi connectivity index (χ3v) is 6.85. The molecule has 0 amide bonds.